The summed E-state index contributed by atoms with van der Waals surface area (Å²) in [5.74, 6) is 0.201. The van der Waals surface area contributed by atoms with Gasteiger partial charge >= 0.3 is 6.09 Å². The zero-order valence-corrected chi connectivity index (χ0v) is 13.1. The molecule has 1 N–H and O–H groups in total. The van der Waals surface area contributed by atoms with Gasteiger partial charge in [-0.25, -0.2) is 4.79 Å². The van der Waals surface area contributed by atoms with Crippen molar-refractivity contribution in [3.63, 3.8) is 0 Å². The molecular weight excluding hydrogens is 272 g/mol. The Morgan fingerprint density at radius 3 is 2.62 bits per heavy atom. The molecule has 2 rings (SSSR count). The molecule has 6 nitrogen and oxygen atoms in total. The van der Waals surface area contributed by atoms with Crippen molar-refractivity contribution in [2.75, 3.05) is 7.11 Å². The van der Waals surface area contributed by atoms with Gasteiger partial charge in [-0.1, -0.05) is 20.8 Å². The molecule has 118 valence electrons. The van der Waals surface area contributed by atoms with Crippen LogP contribution >= 0.6 is 0 Å². The van der Waals surface area contributed by atoms with Crippen LogP contribution in [0.5, 0.6) is 0 Å². The highest BCUT2D eigenvalue weighted by molar-refractivity contribution is 5.95. The van der Waals surface area contributed by atoms with Crippen molar-refractivity contribution in [2.24, 2.45) is 11.8 Å². The molecule has 0 aromatic rings. The number of alkyl carbamates (subject to hydrolysis) is 1. The quantitative estimate of drug-likeness (QED) is 0.849. The van der Waals surface area contributed by atoms with E-state index in [1.165, 1.54) is 7.11 Å². The summed E-state index contributed by atoms with van der Waals surface area (Å²) in [5, 5.41) is 2.60. The lowest BCUT2D eigenvalue weighted by Crippen LogP contribution is -2.57. The van der Waals surface area contributed by atoms with E-state index in [-0.39, 0.29) is 35.6 Å². The fourth-order valence-corrected chi connectivity index (χ4v) is 3.62. The molecule has 1 saturated heterocycles. The lowest BCUT2D eigenvalue weighted by Gasteiger charge is -2.37. The number of methoxy groups -OCH3 is 1. The van der Waals surface area contributed by atoms with Crippen molar-refractivity contribution in [1.82, 2.24) is 10.2 Å². The van der Waals surface area contributed by atoms with Gasteiger partial charge in [-0.05, 0) is 24.7 Å². The molecule has 1 aliphatic heterocycles. The molecule has 2 amide bonds. The summed E-state index contributed by atoms with van der Waals surface area (Å²) in [5.41, 5.74) is 0. The van der Waals surface area contributed by atoms with Crippen LogP contribution in [-0.2, 0) is 14.3 Å². The Morgan fingerprint density at radius 2 is 2.10 bits per heavy atom. The number of rotatable bonds is 4. The van der Waals surface area contributed by atoms with Gasteiger partial charge in [-0.2, -0.15) is 0 Å². The summed E-state index contributed by atoms with van der Waals surface area (Å²) in [6, 6.07) is -0.840. The van der Waals surface area contributed by atoms with Crippen molar-refractivity contribution in [2.45, 2.75) is 58.2 Å². The Labute approximate surface area is 125 Å². The molecule has 1 heterocycles. The van der Waals surface area contributed by atoms with Crippen LogP contribution < -0.4 is 5.32 Å². The number of piperidine rings is 1. The molecule has 1 aliphatic carbocycles. The van der Waals surface area contributed by atoms with Crippen LogP contribution in [0.3, 0.4) is 0 Å². The first-order valence-electron chi connectivity index (χ1n) is 7.60. The van der Waals surface area contributed by atoms with Crippen molar-refractivity contribution < 1.29 is 19.1 Å². The summed E-state index contributed by atoms with van der Waals surface area (Å²) in [6.07, 6.45) is 1.57. The van der Waals surface area contributed by atoms with Crippen LogP contribution in [0.2, 0.25) is 0 Å². The maximum absolute atomic E-state index is 12.8. The number of hydrogen-bond acceptors (Lipinski definition) is 4. The van der Waals surface area contributed by atoms with E-state index in [2.05, 4.69) is 10.1 Å². The molecule has 2 aliphatic rings. The van der Waals surface area contributed by atoms with Crippen LogP contribution in [0, 0.1) is 11.8 Å². The number of amides is 2. The van der Waals surface area contributed by atoms with E-state index in [0.717, 1.165) is 12.8 Å². The Bertz CT molecular complexity index is 449. The molecule has 2 bridgehead atoms. The number of carbonyl (C=O) groups excluding carboxylic acids is 3. The predicted octanol–water partition coefficient (Wildman–Crippen LogP) is 1.34. The second-order valence-corrected chi connectivity index (χ2v) is 6.26. The first-order chi connectivity index (χ1) is 9.90. The Hall–Kier alpha value is -1.59. The number of likely N-dealkylation sites (tertiary alicyclic amines) is 1. The zero-order valence-electron chi connectivity index (χ0n) is 13.1. The largest absolute Gasteiger partial charge is 0.453 e. The molecule has 0 radical (unpaired) electrons. The number of nitrogens with zero attached hydrogens (tertiary/aromatic N) is 1. The van der Waals surface area contributed by atoms with Crippen molar-refractivity contribution in [3.8, 4) is 0 Å². The number of nitrogens with one attached hydrogen (secondary N) is 1. The maximum Gasteiger partial charge on any atom is 0.407 e. The number of ether oxygens (including phenoxy) is 1. The summed E-state index contributed by atoms with van der Waals surface area (Å²) in [4.78, 5) is 38.0. The predicted molar refractivity (Wildman–Crippen MR) is 76.6 cm³/mol. The monoisotopic (exact) mass is 296 g/mol. The van der Waals surface area contributed by atoms with Crippen molar-refractivity contribution in [1.29, 1.82) is 0 Å². The third kappa shape index (κ3) is 2.76. The molecule has 0 unspecified atom stereocenters. The van der Waals surface area contributed by atoms with E-state index in [4.69, 9.17) is 0 Å². The summed E-state index contributed by atoms with van der Waals surface area (Å²) >= 11 is 0. The minimum Gasteiger partial charge on any atom is -0.453 e. The number of ketones is 1. The molecule has 1 saturated carbocycles. The van der Waals surface area contributed by atoms with Gasteiger partial charge in [0.25, 0.3) is 0 Å². The number of carbonyl (C=O) groups is 3. The Morgan fingerprint density at radius 1 is 1.43 bits per heavy atom. The van der Waals surface area contributed by atoms with Crippen molar-refractivity contribution in [3.05, 3.63) is 0 Å². The lowest BCUT2D eigenvalue weighted by molar-refractivity contribution is -0.144. The SMILES string of the molecule is CC[C@@H]1[C@H]2CC(=O)[C@H](C2)N1C(=O)[C@@H](NC(=O)OC)C(C)C. The van der Waals surface area contributed by atoms with Crippen LogP contribution in [0.1, 0.15) is 40.0 Å². The van der Waals surface area contributed by atoms with E-state index < -0.39 is 12.1 Å². The fourth-order valence-electron chi connectivity index (χ4n) is 3.62. The Balaban J connectivity index is 2.19. The minimum absolute atomic E-state index is 0.0664. The molecule has 0 spiro atoms. The van der Waals surface area contributed by atoms with Gasteiger partial charge in [-0.3, -0.25) is 9.59 Å². The highest BCUT2D eigenvalue weighted by Gasteiger charge is 2.53. The van der Waals surface area contributed by atoms with Gasteiger partial charge in [0.05, 0.1) is 13.2 Å². The third-order valence-corrected chi connectivity index (χ3v) is 4.66. The molecule has 0 aromatic carbocycles. The Kier molecular flexibility index (Phi) is 4.54. The lowest BCUT2D eigenvalue weighted by atomic mass is 9.94. The van der Waals surface area contributed by atoms with E-state index in [1.54, 1.807) is 4.90 Å². The smallest absolute Gasteiger partial charge is 0.407 e. The normalized spacial score (nSPS) is 28.9. The van der Waals surface area contributed by atoms with E-state index >= 15 is 0 Å². The van der Waals surface area contributed by atoms with E-state index in [1.807, 2.05) is 20.8 Å². The van der Waals surface area contributed by atoms with Gasteiger partial charge < -0.3 is 15.0 Å². The van der Waals surface area contributed by atoms with Gasteiger partial charge in [0.2, 0.25) is 5.91 Å². The minimum atomic E-state index is -0.654. The van der Waals surface area contributed by atoms with Crippen LogP contribution in [0.15, 0.2) is 0 Å². The molecule has 6 heteroatoms. The number of hydrogen-bond donors (Lipinski definition) is 1. The average Bonchev–Trinajstić information content (AvgIpc) is 2.99. The van der Waals surface area contributed by atoms with E-state index in [9.17, 15) is 14.4 Å². The molecule has 4 atom stereocenters. The second-order valence-electron chi connectivity index (χ2n) is 6.26. The fraction of sp³-hybridized carbons (Fsp3) is 0.800. The van der Waals surface area contributed by atoms with Crippen LogP contribution in [0.4, 0.5) is 4.79 Å². The summed E-state index contributed by atoms with van der Waals surface area (Å²) in [7, 11) is 1.27. The van der Waals surface area contributed by atoms with Gasteiger partial charge in [0.15, 0.2) is 5.78 Å². The summed E-state index contributed by atoms with van der Waals surface area (Å²) < 4.78 is 4.59. The van der Waals surface area contributed by atoms with Crippen LogP contribution in [0.25, 0.3) is 0 Å². The highest BCUT2D eigenvalue weighted by atomic mass is 16.5. The second kappa shape index (κ2) is 6.03. The van der Waals surface area contributed by atoms with Crippen LogP contribution in [-0.4, -0.2) is 47.9 Å². The van der Waals surface area contributed by atoms with Gasteiger partial charge in [0, 0.05) is 12.5 Å². The first kappa shape index (κ1) is 15.8. The molecule has 2 fully saturated rings. The zero-order chi connectivity index (χ0) is 15.7. The standard InChI is InChI=1S/C15H24N2O4/c1-5-10-9-6-11(12(18)7-9)17(10)14(19)13(8(2)3)16-15(20)21-4/h8-11,13H,5-7H2,1-4H3,(H,16,20)/t9-,10-,11+,13+/m1/s1. The highest BCUT2D eigenvalue weighted by Crippen LogP contribution is 2.42. The van der Waals surface area contributed by atoms with Gasteiger partial charge in [-0.15, -0.1) is 0 Å². The molecule has 0 aromatic heterocycles. The van der Waals surface area contributed by atoms with Gasteiger partial charge in [0.1, 0.15) is 6.04 Å². The third-order valence-electron chi connectivity index (χ3n) is 4.66. The molecule has 21 heavy (non-hydrogen) atoms. The molecular formula is C15H24N2O4. The summed E-state index contributed by atoms with van der Waals surface area (Å²) in [6.45, 7) is 5.78. The average molecular weight is 296 g/mol. The van der Waals surface area contributed by atoms with E-state index in [0.29, 0.717) is 6.42 Å². The number of fused-ring (bicyclic) bond motifs is 2. The number of Topliss-reactive ketones (excluding diaryl/α,β-unsaturated/α-hetero) is 1. The maximum atomic E-state index is 12.8. The first-order valence-corrected chi connectivity index (χ1v) is 7.60. The van der Waals surface area contributed by atoms with Crippen molar-refractivity contribution >= 4 is 17.8 Å². The topological polar surface area (TPSA) is 75.7 Å².